The van der Waals surface area contributed by atoms with Gasteiger partial charge in [0.05, 0.1) is 0 Å². The molecule has 0 fully saturated rings. The third kappa shape index (κ3) is 4.74. The monoisotopic (exact) mass is 266 g/mol. The lowest BCUT2D eigenvalue weighted by molar-refractivity contribution is 0.123. The van der Waals surface area contributed by atoms with Crippen LogP contribution >= 0.6 is 0 Å². The second-order valence-corrected chi connectivity index (χ2v) is 7.09. The Morgan fingerprint density at radius 3 is 2.17 bits per heavy atom. The smallest absolute Gasteiger partial charge is 0.377 e. The number of allylic oxidation sites excluding steroid dienone is 1. The van der Waals surface area contributed by atoms with Crippen LogP contribution in [-0.4, -0.2) is 30.1 Å². The number of hydrogen-bond donors (Lipinski definition) is 0. The summed E-state index contributed by atoms with van der Waals surface area (Å²) in [6.07, 6.45) is 6.32. The van der Waals surface area contributed by atoms with E-state index >= 15 is 0 Å². The third-order valence-corrected chi connectivity index (χ3v) is 5.73. The number of rotatable bonds is 8. The Balaban J connectivity index is 2.32. The predicted octanol–water partition coefficient (Wildman–Crippen LogP) is 3.36. The first kappa shape index (κ1) is 15.1. The van der Waals surface area contributed by atoms with Crippen LogP contribution in [0.4, 0.5) is 0 Å². The average molecular weight is 266 g/mol. The van der Waals surface area contributed by atoms with Gasteiger partial charge in [-0.25, -0.2) is 0 Å². The summed E-state index contributed by atoms with van der Waals surface area (Å²) >= 11 is 0. The minimum atomic E-state index is -2.38. The molecular weight excluding hydrogens is 244 g/mol. The van der Waals surface area contributed by atoms with Crippen LogP contribution in [0.25, 0.3) is 6.08 Å². The quantitative estimate of drug-likeness (QED) is 0.533. The molecule has 0 spiro atoms. The standard InChI is InChI=1S/C14H22O3Si/c1-15-18(16-2,17-3)13-9-5-8-12-14-10-6-4-7-11-14/h4,6-8,10-12H,5,9,13H2,1-3H3/b12-8+. The average Bonchev–Trinajstić information content (AvgIpc) is 2.45. The van der Waals surface area contributed by atoms with Crippen LogP contribution in [0, 0.1) is 0 Å². The minimum absolute atomic E-state index is 0.843. The van der Waals surface area contributed by atoms with E-state index in [-0.39, 0.29) is 0 Å². The fraction of sp³-hybridized carbons (Fsp3) is 0.429. The molecule has 0 saturated heterocycles. The maximum Gasteiger partial charge on any atom is 0.500 e. The van der Waals surface area contributed by atoms with E-state index in [9.17, 15) is 0 Å². The second kappa shape index (κ2) is 8.21. The van der Waals surface area contributed by atoms with E-state index in [0.29, 0.717) is 0 Å². The van der Waals surface area contributed by atoms with Gasteiger partial charge in [-0.3, -0.25) is 0 Å². The zero-order valence-corrected chi connectivity index (χ0v) is 12.4. The van der Waals surface area contributed by atoms with Crippen molar-refractivity contribution in [2.45, 2.75) is 18.9 Å². The third-order valence-electron chi connectivity index (χ3n) is 2.90. The Bertz CT molecular complexity index is 339. The Hall–Kier alpha value is -0.943. The highest BCUT2D eigenvalue weighted by Crippen LogP contribution is 2.16. The molecule has 0 aromatic heterocycles. The topological polar surface area (TPSA) is 27.7 Å². The molecule has 0 N–H and O–H groups in total. The minimum Gasteiger partial charge on any atom is -0.377 e. The van der Waals surface area contributed by atoms with Gasteiger partial charge in [-0.2, -0.15) is 0 Å². The SMILES string of the molecule is CO[Si](CCC/C=C/c1ccccc1)(OC)OC. The van der Waals surface area contributed by atoms with Gasteiger partial charge in [-0.05, 0) is 18.4 Å². The van der Waals surface area contributed by atoms with Crippen LogP contribution in [0.15, 0.2) is 36.4 Å². The molecule has 0 aliphatic carbocycles. The number of hydrogen-bond acceptors (Lipinski definition) is 3. The molecule has 0 atom stereocenters. The van der Waals surface area contributed by atoms with Gasteiger partial charge < -0.3 is 13.3 Å². The zero-order valence-electron chi connectivity index (χ0n) is 11.4. The van der Waals surface area contributed by atoms with Gasteiger partial charge in [0.2, 0.25) is 0 Å². The van der Waals surface area contributed by atoms with Crippen molar-refractivity contribution in [1.29, 1.82) is 0 Å². The molecule has 0 aliphatic rings. The summed E-state index contributed by atoms with van der Waals surface area (Å²) in [6.45, 7) is 0. The molecule has 0 saturated carbocycles. The summed E-state index contributed by atoms with van der Waals surface area (Å²) in [5.74, 6) is 0. The van der Waals surface area contributed by atoms with E-state index in [1.54, 1.807) is 21.3 Å². The lowest BCUT2D eigenvalue weighted by atomic mass is 10.2. The summed E-state index contributed by atoms with van der Waals surface area (Å²) in [6, 6.07) is 11.1. The van der Waals surface area contributed by atoms with Gasteiger partial charge >= 0.3 is 8.80 Å². The maximum absolute atomic E-state index is 5.37. The first-order valence-corrected chi connectivity index (χ1v) is 8.06. The largest absolute Gasteiger partial charge is 0.500 e. The van der Waals surface area contributed by atoms with Crippen molar-refractivity contribution in [1.82, 2.24) is 0 Å². The Morgan fingerprint density at radius 1 is 1.00 bits per heavy atom. The van der Waals surface area contributed by atoms with E-state index < -0.39 is 8.80 Å². The molecule has 18 heavy (non-hydrogen) atoms. The molecule has 1 rings (SSSR count). The summed E-state index contributed by atoms with van der Waals surface area (Å²) in [4.78, 5) is 0. The van der Waals surface area contributed by atoms with E-state index in [0.717, 1.165) is 18.9 Å². The Labute approximate surface area is 111 Å². The van der Waals surface area contributed by atoms with Crippen molar-refractivity contribution in [3.05, 3.63) is 42.0 Å². The van der Waals surface area contributed by atoms with E-state index in [2.05, 4.69) is 24.3 Å². The summed E-state index contributed by atoms with van der Waals surface area (Å²) < 4.78 is 16.1. The highest BCUT2D eigenvalue weighted by atomic mass is 28.4. The summed E-state index contributed by atoms with van der Waals surface area (Å²) in [5.41, 5.74) is 1.23. The van der Waals surface area contributed by atoms with Crippen molar-refractivity contribution in [2.24, 2.45) is 0 Å². The summed E-state index contributed by atoms with van der Waals surface area (Å²) in [5, 5.41) is 0. The van der Waals surface area contributed by atoms with E-state index in [4.69, 9.17) is 13.3 Å². The highest BCUT2D eigenvalue weighted by molar-refractivity contribution is 6.60. The lowest BCUT2D eigenvalue weighted by Gasteiger charge is -2.23. The normalized spacial score (nSPS) is 12.2. The van der Waals surface area contributed by atoms with E-state index in [1.165, 1.54) is 5.56 Å². The van der Waals surface area contributed by atoms with Gasteiger partial charge in [0.1, 0.15) is 0 Å². The van der Waals surface area contributed by atoms with Crippen LogP contribution < -0.4 is 0 Å². The van der Waals surface area contributed by atoms with Gasteiger partial charge in [-0.15, -0.1) is 0 Å². The highest BCUT2D eigenvalue weighted by Gasteiger charge is 2.36. The predicted molar refractivity (Wildman–Crippen MR) is 76.3 cm³/mol. The van der Waals surface area contributed by atoms with Gasteiger partial charge in [0.25, 0.3) is 0 Å². The van der Waals surface area contributed by atoms with Gasteiger partial charge in [-0.1, -0.05) is 42.5 Å². The first-order chi connectivity index (χ1) is 8.76. The van der Waals surface area contributed by atoms with Crippen molar-refractivity contribution >= 4 is 14.9 Å². The maximum atomic E-state index is 5.37. The first-order valence-electron chi connectivity index (χ1n) is 6.13. The van der Waals surface area contributed by atoms with Crippen LogP contribution in [-0.2, 0) is 13.3 Å². The van der Waals surface area contributed by atoms with Crippen molar-refractivity contribution < 1.29 is 13.3 Å². The number of benzene rings is 1. The fourth-order valence-corrected chi connectivity index (χ4v) is 3.53. The molecule has 0 heterocycles. The Kier molecular flexibility index (Phi) is 6.89. The van der Waals surface area contributed by atoms with Crippen molar-refractivity contribution in [3.63, 3.8) is 0 Å². The van der Waals surface area contributed by atoms with E-state index in [1.807, 2.05) is 18.2 Å². The second-order valence-electron chi connectivity index (χ2n) is 4.00. The molecule has 0 amide bonds. The Morgan fingerprint density at radius 2 is 1.61 bits per heavy atom. The van der Waals surface area contributed by atoms with Crippen molar-refractivity contribution in [2.75, 3.05) is 21.3 Å². The number of unbranched alkanes of at least 4 members (excludes halogenated alkanes) is 1. The van der Waals surface area contributed by atoms with Crippen molar-refractivity contribution in [3.8, 4) is 0 Å². The molecule has 4 heteroatoms. The molecule has 1 aromatic rings. The molecule has 100 valence electrons. The van der Waals surface area contributed by atoms with Crippen LogP contribution in [0.2, 0.25) is 6.04 Å². The molecular formula is C14H22O3Si. The molecule has 0 bridgehead atoms. The van der Waals surface area contributed by atoms with Crippen LogP contribution in [0.1, 0.15) is 18.4 Å². The zero-order chi connectivity index (χ0) is 13.3. The van der Waals surface area contributed by atoms with Gasteiger partial charge in [0, 0.05) is 27.4 Å². The summed E-state index contributed by atoms with van der Waals surface area (Å²) in [7, 11) is 2.57. The fourth-order valence-electron chi connectivity index (χ4n) is 1.78. The van der Waals surface area contributed by atoms with Crippen LogP contribution in [0.3, 0.4) is 0 Å². The molecule has 3 nitrogen and oxygen atoms in total. The molecule has 0 radical (unpaired) electrons. The molecule has 1 aromatic carbocycles. The van der Waals surface area contributed by atoms with Crippen LogP contribution in [0.5, 0.6) is 0 Å². The van der Waals surface area contributed by atoms with Gasteiger partial charge in [0.15, 0.2) is 0 Å². The lowest BCUT2D eigenvalue weighted by Crippen LogP contribution is -2.42. The molecule has 0 unspecified atom stereocenters. The molecule has 0 aliphatic heterocycles.